The van der Waals surface area contributed by atoms with Crippen molar-refractivity contribution in [3.8, 4) is 0 Å². The van der Waals surface area contributed by atoms with Crippen LogP contribution in [0.4, 0.5) is 0 Å². The molecule has 3 aromatic rings. The zero-order valence-corrected chi connectivity index (χ0v) is 13.2. The minimum absolute atomic E-state index is 0.423. The molecule has 0 amide bonds. The van der Waals surface area contributed by atoms with Crippen LogP contribution in [0.25, 0.3) is 10.2 Å². The first-order valence-electron chi connectivity index (χ1n) is 7.28. The molecule has 4 nitrogen and oxygen atoms in total. The molecule has 3 rings (SSSR count). The van der Waals surface area contributed by atoms with Gasteiger partial charge in [0, 0.05) is 37.9 Å². The summed E-state index contributed by atoms with van der Waals surface area (Å²) in [6.07, 6.45) is 4.86. The summed E-state index contributed by atoms with van der Waals surface area (Å²) in [6, 6.07) is 8.74. The van der Waals surface area contributed by atoms with Crippen LogP contribution in [0, 0.1) is 6.92 Å². The van der Waals surface area contributed by atoms with Crippen LogP contribution < -0.4 is 5.32 Å². The molecule has 0 spiro atoms. The molecule has 1 atom stereocenters. The normalized spacial score (nSPS) is 12.9. The Balaban J connectivity index is 1.50. The van der Waals surface area contributed by atoms with Gasteiger partial charge in [-0.2, -0.15) is 0 Å². The fourth-order valence-corrected chi connectivity index (χ4v) is 3.38. The van der Waals surface area contributed by atoms with E-state index < -0.39 is 0 Å². The maximum absolute atomic E-state index is 4.66. The standard InChI is InChI=1S/C16H20N4S/c1-12(11-20-10-9-18-13(20)2)17-8-7-16-19-14-5-3-4-6-15(14)21-16/h3-6,9-10,12,17H,7-8,11H2,1-2H3/t12-/m0/s1. The van der Waals surface area contributed by atoms with Crippen molar-refractivity contribution >= 4 is 21.6 Å². The molecule has 0 aliphatic rings. The number of aryl methyl sites for hydroxylation is 1. The van der Waals surface area contributed by atoms with Gasteiger partial charge in [0.1, 0.15) is 5.82 Å². The average Bonchev–Trinajstić information content (AvgIpc) is 3.05. The first-order chi connectivity index (χ1) is 10.2. The van der Waals surface area contributed by atoms with Crippen LogP contribution >= 0.6 is 11.3 Å². The summed E-state index contributed by atoms with van der Waals surface area (Å²) in [4.78, 5) is 8.91. The number of imidazole rings is 1. The van der Waals surface area contributed by atoms with Gasteiger partial charge >= 0.3 is 0 Å². The van der Waals surface area contributed by atoms with E-state index in [0.717, 1.165) is 30.9 Å². The van der Waals surface area contributed by atoms with Gasteiger partial charge in [-0.05, 0) is 26.0 Å². The lowest BCUT2D eigenvalue weighted by Crippen LogP contribution is -2.32. The quantitative estimate of drug-likeness (QED) is 0.761. The molecule has 0 saturated carbocycles. The van der Waals surface area contributed by atoms with E-state index in [1.54, 1.807) is 11.3 Å². The molecule has 2 heterocycles. The van der Waals surface area contributed by atoms with Gasteiger partial charge in [-0.25, -0.2) is 9.97 Å². The van der Waals surface area contributed by atoms with Crippen LogP contribution in [0.1, 0.15) is 17.8 Å². The number of nitrogens with zero attached hydrogens (tertiary/aromatic N) is 3. The highest BCUT2D eigenvalue weighted by molar-refractivity contribution is 7.18. The molecule has 0 aliphatic heterocycles. The van der Waals surface area contributed by atoms with Crippen LogP contribution in [0.5, 0.6) is 0 Å². The summed E-state index contributed by atoms with van der Waals surface area (Å²) >= 11 is 1.79. The molecule has 2 aromatic heterocycles. The van der Waals surface area contributed by atoms with Crippen molar-refractivity contribution in [1.82, 2.24) is 19.9 Å². The number of hydrogen-bond donors (Lipinski definition) is 1. The Morgan fingerprint density at radius 1 is 1.33 bits per heavy atom. The predicted octanol–water partition coefficient (Wildman–Crippen LogP) is 3.02. The number of nitrogens with one attached hydrogen (secondary N) is 1. The van der Waals surface area contributed by atoms with Crippen molar-refractivity contribution < 1.29 is 0 Å². The molecule has 0 aliphatic carbocycles. The van der Waals surface area contributed by atoms with Gasteiger partial charge in [0.05, 0.1) is 15.2 Å². The van der Waals surface area contributed by atoms with Crippen molar-refractivity contribution in [3.05, 3.63) is 47.5 Å². The minimum atomic E-state index is 0.423. The number of thiazole rings is 1. The highest BCUT2D eigenvalue weighted by Crippen LogP contribution is 2.21. The largest absolute Gasteiger partial charge is 0.334 e. The topological polar surface area (TPSA) is 42.7 Å². The number of para-hydroxylation sites is 1. The van der Waals surface area contributed by atoms with E-state index in [-0.39, 0.29) is 0 Å². The van der Waals surface area contributed by atoms with Crippen molar-refractivity contribution in [2.75, 3.05) is 6.54 Å². The molecule has 110 valence electrons. The van der Waals surface area contributed by atoms with Gasteiger partial charge < -0.3 is 9.88 Å². The van der Waals surface area contributed by atoms with E-state index in [1.165, 1.54) is 9.71 Å². The van der Waals surface area contributed by atoms with Crippen molar-refractivity contribution in [1.29, 1.82) is 0 Å². The Bertz CT molecular complexity index is 683. The Morgan fingerprint density at radius 3 is 2.95 bits per heavy atom. The van der Waals surface area contributed by atoms with E-state index in [9.17, 15) is 0 Å². The first kappa shape index (κ1) is 14.2. The Kier molecular flexibility index (Phi) is 4.31. The molecule has 0 unspecified atom stereocenters. The second kappa shape index (κ2) is 6.37. The van der Waals surface area contributed by atoms with Crippen LogP contribution in [0.3, 0.4) is 0 Å². The molecule has 0 radical (unpaired) electrons. The lowest BCUT2D eigenvalue weighted by Gasteiger charge is -2.14. The smallest absolute Gasteiger partial charge is 0.105 e. The zero-order chi connectivity index (χ0) is 14.7. The molecule has 1 N–H and O–H groups in total. The summed E-state index contributed by atoms with van der Waals surface area (Å²) in [6.45, 7) is 6.14. The summed E-state index contributed by atoms with van der Waals surface area (Å²) < 4.78 is 3.45. The van der Waals surface area contributed by atoms with E-state index in [1.807, 2.05) is 25.4 Å². The second-order valence-electron chi connectivity index (χ2n) is 5.31. The first-order valence-corrected chi connectivity index (χ1v) is 8.09. The van der Waals surface area contributed by atoms with Crippen molar-refractivity contribution in [2.24, 2.45) is 0 Å². The molecular weight excluding hydrogens is 280 g/mol. The summed E-state index contributed by atoms with van der Waals surface area (Å²) in [7, 11) is 0. The van der Waals surface area contributed by atoms with Gasteiger partial charge in [-0.1, -0.05) is 12.1 Å². The number of fused-ring (bicyclic) bond motifs is 1. The zero-order valence-electron chi connectivity index (χ0n) is 12.4. The van der Waals surface area contributed by atoms with E-state index in [2.05, 4.69) is 45.0 Å². The van der Waals surface area contributed by atoms with Crippen LogP contribution in [0.15, 0.2) is 36.7 Å². The second-order valence-corrected chi connectivity index (χ2v) is 6.42. The number of benzene rings is 1. The fraction of sp³-hybridized carbons (Fsp3) is 0.375. The number of aromatic nitrogens is 3. The van der Waals surface area contributed by atoms with Gasteiger partial charge in [-0.3, -0.25) is 0 Å². The third-order valence-electron chi connectivity index (χ3n) is 3.56. The van der Waals surface area contributed by atoms with Crippen LogP contribution in [0.2, 0.25) is 0 Å². The van der Waals surface area contributed by atoms with Crippen molar-refractivity contribution in [3.63, 3.8) is 0 Å². The molecular formula is C16H20N4S. The lowest BCUT2D eigenvalue weighted by molar-refractivity contribution is 0.474. The van der Waals surface area contributed by atoms with Gasteiger partial charge in [0.2, 0.25) is 0 Å². The van der Waals surface area contributed by atoms with Gasteiger partial charge in [0.15, 0.2) is 0 Å². The Hall–Kier alpha value is -1.72. The number of hydrogen-bond acceptors (Lipinski definition) is 4. The Morgan fingerprint density at radius 2 is 2.19 bits per heavy atom. The third kappa shape index (κ3) is 3.49. The molecule has 0 saturated heterocycles. The van der Waals surface area contributed by atoms with Crippen LogP contribution in [-0.4, -0.2) is 27.1 Å². The molecule has 21 heavy (non-hydrogen) atoms. The van der Waals surface area contributed by atoms with E-state index in [4.69, 9.17) is 0 Å². The van der Waals surface area contributed by atoms with Crippen LogP contribution in [-0.2, 0) is 13.0 Å². The van der Waals surface area contributed by atoms with Gasteiger partial charge in [-0.15, -0.1) is 11.3 Å². The lowest BCUT2D eigenvalue weighted by atomic mass is 10.3. The maximum atomic E-state index is 4.66. The number of rotatable bonds is 6. The molecule has 0 fully saturated rings. The van der Waals surface area contributed by atoms with Crippen molar-refractivity contribution in [2.45, 2.75) is 32.9 Å². The summed E-state index contributed by atoms with van der Waals surface area (Å²) in [5, 5.41) is 4.76. The van der Waals surface area contributed by atoms with E-state index >= 15 is 0 Å². The Labute approximate surface area is 128 Å². The van der Waals surface area contributed by atoms with E-state index in [0.29, 0.717) is 6.04 Å². The minimum Gasteiger partial charge on any atom is -0.334 e. The highest BCUT2D eigenvalue weighted by atomic mass is 32.1. The maximum Gasteiger partial charge on any atom is 0.105 e. The van der Waals surface area contributed by atoms with Gasteiger partial charge in [0.25, 0.3) is 0 Å². The summed E-state index contributed by atoms with van der Waals surface area (Å²) in [5.74, 6) is 1.06. The molecule has 0 bridgehead atoms. The summed E-state index contributed by atoms with van der Waals surface area (Å²) in [5.41, 5.74) is 1.11. The fourth-order valence-electron chi connectivity index (χ4n) is 2.41. The predicted molar refractivity (Wildman–Crippen MR) is 87.8 cm³/mol. The molecule has 1 aromatic carbocycles. The average molecular weight is 300 g/mol. The molecule has 5 heteroatoms. The SMILES string of the molecule is Cc1nccn1C[C@H](C)NCCc1nc2ccccc2s1. The monoisotopic (exact) mass is 300 g/mol. The third-order valence-corrected chi connectivity index (χ3v) is 4.66. The highest BCUT2D eigenvalue weighted by Gasteiger charge is 2.06.